The lowest BCUT2D eigenvalue weighted by Gasteiger charge is -2.62. The summed E-state index contributed by atoms with van der Waals surface area (Å²) >= 11 is 0. The molecule has 1 heteroatoms. The predicted octanol–water partition coefficient (Wildman–Crippen LogP) is 9.42. The highest BCUT2D eigenvalue weighted by molar-refractivity contribution is 5.10. The normalized spacial score (nSPS) is 49.7. The summed E-state index contributed by atoms with van der Waals surface area (Å²) in [6, 6.07) is 0. The number of hydrogen-bond acceptors (Lipinski definition) is 1. The van der Waals surface area contributed by atoms with Crippen LogP contribution in [0.25, 0.3) is 0 Å². The van der Waals surface area contributed by atoms with Crippen molar-refractivity contribution in [2.45, 2.75) is 150 Å². The minimum atomic E-state index is -0.359. The Morgan fingerprint density at radius 2 is 1.47 bits per heavy atom. The molecule has 0 amide bonds. The van der Waals surface area contributed by atoms with E-state index >= 15 is 0 Å². The summed E-state index contributed by atoms with van der Waals surface area (Å²) < 4.78 is 0. The van der Waals surface area contributed by atoms with E-state index in [-0.39, 0.29) is 5.60 Å². The first-order chi connectivity index (χ1) is 16.0. The first kappa shape index (κ1) is 25.6. The molecule has 0 aromatic rings. The highest BCUT2D eigenvalue weighted by atomic mass is 16.3. The van der Waals surface area contributed by atoms with Gasteiger partial charge in [0.2, 0.25) is 0 Å². The Morgan fingerprint density at radius 3 is 2.18 bits per heavy atom. The number of hydrogen-bond donors (Lipinski definition) is 1. The topological polar surface area (TPSA) is 20.2 Å². The zero-order valence-electron chi connectivity index (χ0n) is 23.8. The summed E-state index contributed by atoms with van der Waals surface area (Å²) in [5.41, 5.74) is 1.36. The van der Waals surface area contributed by atoms with E-state index in [9.17, 15) is 5.11 Å². The van der Waals surface area contributed by atoms with Crippen LogP contribution in [-0.4, -0.2) is 10.7 Å². The summed E-state index contributed by atoms with van der Waals surface area (Å²) in [5, 5.41) is 11.1. The van der Waals surface area contributed by atoms with Crippen LogP contribution in [0.3, 0.4) is 0 Å². The second-order valence-corrected chi connectivity index (χ2v) is 15.8. The van der Waals surface area contributed by atoms with Crippen molar-refractivity contribution in [2.24, 2.45) is 57.7 Å². The lowest BCUT2D eigenvalue weighted by atomic mass is 9.43. The van der Waals surface area contributed by atoms with Crippen molar-refractivity contribution in [1.29, 1.82) is 0 Å². The first-order valence-electron chi connectivity index (χ1n) is 15.7. The zero-order chi connectivity index (χ0) is 24.4. The Morgan fingerprint density at radius 1 is 0.765 bits per heavy atom. The molecule has 0 aromatic carbocycles. The van der Waals surface area contributed by atoms with Crippen molar-refractivity contribution >= 4 is 0 Å². The van der Waals surface area contributed by atoms with E-state index in [2.05, 4.69) is 41.5 Å². The fraction of sp³-hybridized carbons (Fsp3) is 1.00. The molecular weight excluding hydrogens is 412 g/mol. The Kier molecular flexibility index (Phi) is 6.82. The molecule has 34 heavy (non-hydrogen) atoms. The van der Waals surface area contributed by atoms with Crippen LogP contribution in [0.2, 0.25) is 0 Å². The van der Waals surface area contributed by atoms with Gasteiger partial charge in [0.25, 0.3) is 0 Å². The summed E-state index contributed by atoms with van der Waals surface area (Å²) in [5.74, 6) is 6.58. The summed E-state index contributed by atoms with van der Waals surface area (Å²) in [6.45, 7) is 15.2. The molecule has 5 rings (SSSR count). The van der Waals surface area contributed by atoms with Gasteiger partial charge in [-0.05, 0) is 148 Å². The van der Waals surface area contributed by atoms with E-state index in [0.717, 1.165) is 60.7 Å². The molecule has 5 aliphatic carbocycles. The van der Waals surface area contributed by atoms with Crippen molar-refractivity contribution in [3.8, 4) is 0 Å². The SMILES string of the molecule is CC[C@]1(O)CCC2(C)C(CCC3C2CC[C@@]2(C)C3CCC2[C@H](C)CCC2CCC(C)(C)CC2)C1. The molecule has 0 aliphatic heterocycles. The Labute approximate surface area is 212 Å². The average Bonchev–Trinajstić information content (AvgIpc) is 3.16. The van der Waals surface area contributed by atoms with Crippen molar-refractivity contribution in [3.05, 3.63) is 0 Å². The molecule has 9 atom stereocenters. The van der Waals surface area contributed by atoms with Crippen LogP contribution in [0, 0.1) is 57.7 Å². The van der Waals surface area contributed by atoms with Crippen molar-refractivity contribution in [1.82, 2.24) is 0 Å². The van der Waals surface area contributed by atoms with E-state index in [0.29, 0.717) is 16.2 Å². The molecule has 5 aliphatic rings. The third kappa shape index (κ3) is 4.35. The molecule has 0 bridgehead atoms. The second kappa shape index (κ2) is 9.06. The van der Waals surface area contributed by atoms with Gasteiger partial charge in [-0.15, -0.1) is 0 Å². The summed E-state index contributed by atoms with van der Waals surface area (Å²) in [4.78, 5) is 0. The summed E-state index contributed by atoms with van der Waals surface area (Å²) in [7, 11) is 0. The van der Waals surface area contributed by atoms with Crippen molar-refractivity contribution in [2.75, 3.05) is 0 Å². The Balaban J connectivity index is 1.22. The maximum atomic E-state index is 11.1. The number of aliphatic hydroxyl groups is 1. The fourth-order valence-electron chi connectivity index (χ4n) is 11.1. The quantitative estimate of drug-likeness (QED) is 0.424. The van der Waals surface area contributed by atoms with Crippen LogP contribution in [0.4, 0.5) is 0 Å². The monoisotopic (exact) mass is 470 g/mol. The first-order valence-corrected chi connectivity index (χ1v) is 15.7. The highest BCUT2D eigenvalue weighted by Crippen LogP contribution is 2.69. The van der Waals surface area contributed by atoms with Gasteiger partial charge in [-0.1, -0.05) is 54.4 Å². The van der Waals surface area contributed by atoms with E-state index in [4.69, 9.17) is 0 Å². The molecule has 1 N–H and O–H groups in total. The lowest BCUT2D eigenvalue weighted by molar-refractivity contribution is -0.152. The standard InChI is InChI=1S/C33H58O/c1-7-33(34)21-20-31(5)25(22-33)10-11-26-28-13-12-27(32(28,6)19-16-29(26)31)23(2)8-9-24-14-17-30(3,4)18-15-24/h23-29,34H,7-22H2,1-6H3/t23-,25?,26?,27?,28?,29?,31?,32-,33+/m1/s1. The minimum Gasteiger partial charge on any atom is -0.390 e. The van der Waals surface area contributed by atoms with Gasteiger partial charge >= 0.3 is 0 Å². The van der Waals surface area contributed by atoms with Crippen LogP contribution in [0.5, 0.6) is 0 Å². The van der Waals surface area contributed by atoms with Gasteiger partial charge in [-0.25, -0.2) is 0 Å². The minimum absolute atomic E-state index is 0.359. The van der Waals surface area contributed by atoms with Gasteiger partial charge in [-0.2, -0.15) is 0 Å². The van der Waals surface area contributed by atoms with Crippen LogP contribution >= 0.6 is 0 Å². The molecule has 0 radical (unpaired) electrons. The third-order valence-electron chi connectivity index (χ3n) is 13.7. The van der Waals surface area contributed by atoms with E-state index in [1.807, 2.05) is 0 Å². The highest BCUT2D eigenvalue weighted by Gasteiger charge is 2.61. The molecule has 196 valence electrons. The van der Waals surface area contributed by atoms with E-state index < -0.39 is 0 Å². The van der Waals surface area contributed by atoms with Crippen LogP contribution < -0.4 is 0 Å². The fourth-order valence-corrected chi connectivity index (χ4v) is 11.1. The van der Waals surface area contributed by atoms with Crippen molar-refractivity contribution in [3.63, 3.8) is 0 Å². The zero-order valence-corrected chi connectivity index (χ0v) is 23.8. The van der Waals surface area contributed by atoms with Crippen molar-refractivity contribution < 1.29 is 5.11 Å². The van der Waals surface area contributed by atoms with Gasteiger partial charge in [0.05, 0.1) is 5.60 Å². The van der Waals surface area contributed by atoms with Gasteiger partial charge < -0.3 is 5.11 Å². The van der Waals surface area contributed by atoms with Gasteiger partial charge in [0.1, 0.15) is 0 Å². The largest absolute Gasteiger partial charge is 0.390 e. The molecule has 6 unspecified atom stereocenters. The lowest BCUT2D eigenvalue weighted by Crippen LogP contribution is -2.56. The van der Waals surface area contributed by atoms with E-state index in [1.165, 1.54) is 83.5 Å². The van der Waals surface area contributed by atoms with Gasteiger partial charge in [0.15, 0.2) is 0 Å². The molecule has 5 saturated carbocycles. The third-order valence-corrected chi connectivity index (χ3v) is 13.7. The maximum absolute atomic E-state index is 11.1. The summed E-state index contributed by atoms with van der Waals surface area (Å²) in [6.07, 6.45) is 22.1. The number of rotatable bonds is 5. The molecule has 0 aromatic heterocycles. The smallest absolute Gasteiger partial charge is 0.0648 e. The molecule has 0 heterocycles. The molecule has 5 fully saturated rings. The van der Waals surface area contributed by atoms with Gasteiger partial charge in [-0.3, -0.25) is 0 Å². The maximum Gasteiger partial charge on any atom is 0.0648 e. The average molecular weight is 471 g/mol. The molecule has 0 saturated heterocycles. The van der Waals surface area contributed by atoms with Gasteiger partial charge in [0, 0.05) is 0 Å². The molecule has 0 spiro atoms. The van der Waals surface area contributed by atoms with Crippen LogP contribution in [0.15, 0.2) is 0 Å². The van der Waals surface area contributed by atoms with Crippen LogP contribution in [-0.2, 0) is 0 Å². The molecular formula is C33H58O. The van der Waals surface area contributed by atoms with Crippen LogP contribution in [0.1, 0.15) is 144 Å². The Bertz CT molecular complexity index is 716. The second-order valence-electron chi connectivity index (χ2n) is 15.8. The Hall–Kier alpha value is -0.0400. The van der Waals surface area contributed by atoms with E-state index in [1.54, 1.807) is 0 Å². The number of fused-ring (bicyclic) bond motifs is 5. The predicted molar refractivity (Wildman–Crippen MR) is 145 cm³/mol. The molecule has 1 nitrogen and oxygen atoms in total.